The molecule has 136 valence electrons. The lowest BCUT2D eigenvalue weighted by atomic mass is 10.2. The van der Waals surface area contributed by atoms with E-state index < -0.39 is 24.7 Å². The van der Waals surface area contributed by atoms with Crippen molar-refractivity contribution in [3.8, 4) is 0 Å². The van der Waals surface area contributed by atoms with E-state index in [-0.39, 0.29) is 5.75 Å². The summed E-state index contributed by atoms with van der Waals surface area (Å²) in [6.07, 6.45) is -4.53. The number of nitrogens with one attached hydrogen (secondary N) is 2. The van der Waals surface area contributed by atoms with Crippen LogP contribution in [-0.4, -0.2) is 40.4 Å². The van der Waals surface area contributed by atoms with Gasteiger partial charge >= 0.3 is 12.2 Å². The molecular formula is C14H15F3N4O2S2. The van der Waals surface area contributed by atoms with E-state index in [1.165, 1.54) is 11.3 Å². The molecule has 2 rings (SSSR count). The van der Waals surface area contributed by atoms with Crippen molar-refractivity contribution >= 4 is 45.3 Å². The first kappa shape index (κ1) is 19.4. The van der Waals surface area contributed by atoms with Crippen LogP contribution in [0.3, 0.4) is 0 Å². The number of thiophene rings is 1. The Labute approximate surface area is 149 Å². The van der Waals surface area contributed by atoms with Gasteiger partial charge in [-0.05, 0) is 26.3 Å². The van der Waals surface area contributed by atoms with Crippen molar-refractivity contribution in [1.29, 1.82) is 0 Å². The Morgan fingerprint density at radius 2 is 1.88 bits per heavy atom. The molecule has 25 heavy (non-hydrogen) atoms. The number of thioether (sulfide) groups is 1. The fourth-order valence-electron chi connectivity index (χ4n) is 1.94. The topological polar surface area (TPSA) is 84.0 Å². The zero-order valence-corrected chi connectivity index (χ0v) is 15.2. The number of hydrogen-bond acceptors (Lipinski definition) is 6. The molecule has 0 fully saturated rings. The average Bonchev–Trinajstić information content (AvgIpc) is 2.76. The highest BCUT2D eigenvalue weighted by atomic mass is 32.2. The molecule has 0 saturated carbocycles. The summed E-state index contributed by atoms with van der Waals surface area (Å²) in [7, 11) is 0. The number of imide groups is 1. The average molecular weight is 392 g/mol. The summed E-state index contributed by atoms with van der Waals surface area (Å²) in [5.41, 5.74) is 1.02. The first-order chi connectivity index (χ1) is 11.6. The van der Waals surface area contributed by atoms with E-state index >= 15 is 0 Å². The molecule has 0 aromatic carbocycles. The van der Waals surface area contributed by atoms with E-state index in [4.69, 9.17) is 0 Å². The maximum absolute atomic E-state index is 12.0. The first-order valence-electron chi connectivity index (χ1n) is 7.08. The number of rotatable bonds is 4. The van der Waals surface area contributed by atoms with E-state index in [1.54, 1.807) is 12.2 Å². The molecule has 0 aliphatic heterocycles. The molecule has 2 N–H and O–H groups in total. The minimum atomic E-state index is -4.53. The number of carbonyl (C=O) groups is 2. The third kappa shape index (κ3) is 5.30. The number of aryl methyl sites for hydroxylation is 3. The minimum Gasteiger partial charge on any atom is -0.329 e. The maximum Gasteiger partial charge on any atom is 0.405 e. The number of fused-ring (bicyclic) bond motifs is 1. The molecular weight excluding hydrogens is 377 g/mol. The van der Waals surface area contributed by atoms with Gasteiger partial charge < -0.3 is 5.32 Å². The lowest BCUT2D eigenvalue weighted by Gasteiger charge is -2.09. The molecule has 2 heterocycles. The van der Waals surface area contributed by atoms with Crippen LogP contribution in [-0.2, 0) is 4.79 Å². The summed E-state index contributed by atoms with van der Waals surface area (Å²) in [5, 5.41) is 4.89. The highest BCUT2D eigenvalue weighted by Crippen LogP contribution is 2.34. The third-order valence-electron chi connectivity index (χ3n) is 3.15. The molecule has 0 aliphatic carbocycles. The Bertz CT molecular complexity index is 820. The van der Waals surface area contributed by atoms with Crippen molar-refractivity contribution in [1.82, 2.24) is 20.6 Å². The maximum atomic E-state index is 12.0. The van der Waals surface area contributed by atoms with Gasteiger partial charge in [-0.25, -0.2) is 14.8 Å². The van der Waals surface area contributed by atoms with Crippen LogP contribution in [0.1, 0.15) is 16.3 Å². The predicted molar refractivity (Wildman–Crippen MR) is 89.9 cm³/mol. The largest absolute Gasteiger partial charge is 0.405 e. The van der Waals surface area contributed by atoms with Gasteiger partial charge in [0.2, 0.25) is 5.91 Å². The van der Waals surface area contributed by atoms with Crippen LogP contribution in [0.5, 0.6) is 0 Å². The number of nitrogens with zero attached hydrogens (tertiary/aromatic N) is 2. The molecule has 0 unspecified atom stereocenters. The molecule has 11 heteroatoms. The van der Waals surface area contributed by atoms with E-state index in [9.17, 15) is 22.8 Å². The summed E-state index contributed by atoms with van der Waals surface area (Å²) in [6.45, 7) is 4.13. The zero-order chi connectivity index (χ0) is 18.8. The molecule has 0 saturated heterocycles. The van der Waals surface area contributed by atoms with Gasteiger partial charge in [0.05, 0.1) is 5.75 Å². The van der Waals surface area contributed by atoms with E-state index in [0.717, 1.165) is 32.4 Å². The molecule has 0 atom stereocenters. The van der Waals surface area contributed by atoms with Gasteiger partial charge in [-0.3, -0.25) is 10.1 Å². The second kappa shape index (κ2) is 7.56. The van der Waals surface area contributed by atoms with Crippen LogP contribution in [0, 0.1) is 20.8 Å². The Balaban J connectivity index is 2.00. The van der Waals surface area contributed by atoms with Crippen LogP contribution in [0.15, 0.2) is 5.03 Å². The van der Waals surface area contributed by atoms with Gasteiger partial charge in [0.15, 0.2) is 0 Å². The van der Waals surface area contributed by atoms with E-state index in [2.05, 4.69) is 9.97 Å². The van der Waals surface area contributed by atoms with Crippen molar-refractivity contribution in [2.24, 2.45) is 0 Å². The van der Waals surface area contributed by atoms with Crippen molar-refractivity contribution in [2.75, 3.05) is 12.3 Å². The highest BCUT2D eigenvalue weighted by molar-refractivity contribution is 8.00. The summed E-state index contributed by atoms with van der Waals surface area (Å²) < 4.78 is 36.0. The number of carbonyl (C=O) groups excluding carboxylic acids is 2. The summed E-state index contributed by atoms with van der Waals surface area (Å²) in [5.74, 6) is -0.308. The molecule has 0 aliphatic rings. The molecule has 0 bridgehead atoms. The van der Waals surface area contributed by atoms with Gasteiger partial charge in [0.25, 0.3) is 0 Å². The van der Waals surface area contributed by atoms with Gasteiger partial charge in [0.1, 0.15) is 22.2 Å². The normalized spacial score (nSPS) is 11.6. The Morgan fingerprint density at radius 3 is 2.52 bits per heavy atom. The second-order valence-corrected chi connectivity index (χ2v) is 7.34. The van der Waals surface area contributed by atoms with Crippen molar-refractivity contribution in [2.45, 2.75) is 32.0 Å². The predicted octanol–water partition coefficient (Wildman–Crippen LogP) is 3.10. The number of halogens is 3. The molecule has 0 radical (unpaired) electrons. The van der Waals surface area contributed by atoms with Gasteiger partial charge in [0, 0.05) is 10.3 Å². The Kier molecular flexibility index (Phi) is 5.88. The monoisotopic (exact) mass is 392 g/mol. The van der Waals surface area contributed by atoms with Crippen molar-refractivity contribution in [3.05, 3.63) is 16.3 Å². The van der Waals surface area contributed by atoms with Crippen molar-refractivity contribution < 1.29 is 22.8 Å². The molecule has 0 spiro atoms. The molecule has 2 aromatic rings. The molecule has 6 nitrogen and oxygen atoms in total. The number of alkyl halides is 3. The van der Waals surface area contributed by atoms with Crippen LogP contribution in [0.2, 0.25) is 0 Å². The number of amides is 3. The van der Waals surface area contributed by atoms with Crippen LogP contribution < -0.4 is 10.6 Å². The summed E-state index contributed by atoms with van der Waals surface area (Å²) in [6, 6.07) is -1.19. The van der Waals surface area contributed by atoms with Crippen LogP contribution >= 0.6 is 23.1 Å². The number of aromatic nitrogens is 2. The van der Waals surface area contributed by atoms with Crippen LogP contribution in [0.4, 0.5) is 18.0 Å². The summed E-state index contributed by atoms with van der Waals surface area (Å²) in [4.78, 5) is 33.6. The fourth-order valence-corrected chi connectivity index (χ4v) is 4.01. The lowest BCUT2D eigenvalue weighted by molar-refractivity contribution is -0.124. The minimum absolute atomic E-state index is 0.153. The third-order valence-corrected chi connectivity index (χ3v) is 5.23. The lowest BCUT2D eigenvalue weighted by Crippen LogP contribution is -2.43. The smallest absolute Gasteiger partial charge is 0.329 e. The Hall–Kier alpha value is -1.88. The molecule has 2 aromatic heterocycles. The van der Waals surface area contributed by atoms with Crippen molar-refractivity contribution in [3.63, 3.8) is 0 Å². The van der Waals surface area contributed by atoms with E-state index in [1.807, 2.05) is 19.2 Å². The Morgan fingerprint density at radius 1 is 1.20 bits per heavy atom. The zero-order valence-electron chi connectivity index (χ0n) is 13.6. The van der Waals surface area contributed by atoms with Gasteiger partial charge in [-0.15, -0.1) is 11.3 Å². The first-order valence-corrected chi connectivity index (χ1v) is 8.88. The fraction of sp³-hybridized carbons (Fsp3) is 0.429. The summed E-state index contributed by atoms with van der Waals surface area (Å²) >= 11 is 2.63. The highest BCUT2D eigenvalue weighted by Gasteiger charge is 2.28. The van der Waals surface area contributed by atoms with Crippen LogP contribution in [0.25, 0.3) is 10.2 Å². The standard InChI is InChI=1S/C14H15F3N4O2S2/c1-6-7(2)25-12-10(6)11(19-8(3)20-12)24-4-9(22)21-13(23)18-5-14(15,16)17/h4-5H2,1-3H3,(H2,18,21,22,23). The second-order valence-electron chi connectivity index (χ2n) is 5.17. The quantitative estimate of drug-likeness (QED) is 0.617. The number of urea groups is 1. The SMILES string of the molecule is Cc1nc(SCC(=O)NC(=O)NCC(F)(F)F)c2c(C)c(C)sc2n1. The number of hydrogen-bond donors (Lipinski definition) is 2. The van der Waals surface area contributed by atoms with Gasteiger partial charge in [-0.2, -0.15) is 13.2 Å². The van der Waals surface area contributed by atoms with Gasteiger partial charge in [-0.1, -0.05) is 11.8 Å². The molecule has 3 amide bonds. The van der Waals surface area contributed by atoms with E-state index in [0.29, 0.717) is 10.9 Å².